The van der Waals surface area contributed by atoms with E-state index in [0.29, 0.717) is 16.5 Å². The van der Waals surface area contributed by atoms with Gasteiger partial charge in [0.2, 0.25) is 5.91 Å². The van der Waals surface area contributed by atoms with Crippen LogP contribution in [-0.4, -0.2) is 17.8 Å². The molecule has 6 heteroatoms. The molecule has 0 fully saturated rings. The van der Waals surface area contributed by atoms with Crippen LogP contribution in [0.5, 0.6) is 5.75 Å². The highest BCUT2D eigenvalue weighted by Crippen LogP contribution is 2.33. The van der Waals surface area contributed by atoms with Crippen LogP contribution in [0.1, 0.15) is 10.4 Å². The average Bonchev–Trinajstić information content (AvgIpc) is 2.56. The number of hydrogen-bond acceptors (Lipinski definition) is 2. The summed E-state index contributed by atoms with van der Waals surface area (Å²) in [5.41, 5.74) is 1.56. The summed E-state index contributed by atoms with van der Waals surface area (Å²) in [6.45, 7) is 0. The molecule has 1 N–H and O–H groups in total. The van der Waals surface area contributed by atoms with Crippen molar-refractivity contribution < 1.29 is 9.53 Å². The van der Waals surface area contributed by atoms with Crippen molar-refractivity contribution >= 4 is 55.1 Å². The Hall–Kier alpha value is -1.04. The molecule has 1 amide bonds. The Morgan fingerprint density at radius 2 is 1.86 bits per heavy atom. The van der Waals surface area contributed by atoms with E-state index in [1.807, 2.05) is 30.3 Å². The summed E-state index contributed by atoms with van der Waals surface area (Å²) in [5, 5.41) is 3.24. The Kier molecular flexibility index (Phi) is 6.29. The maximum atomic E-state index is 12.4. The summed E-state index contributed by atoms with van der Waals surface area (Å²) < 4.78 is 5.08. The lowest BCUT2D eigenvalue weighted by atomic mass is 10.1. The number of methoxy groups -OCH3 is 1. The van der Waals surface area contributed by atoms with Crippen molar-refractivity contribution in [1.82, 2.24) is 0 Å². The predicted octanol–water partition coefficient (Wildman–Crippen LogP) is 5.19. The summed E-state index contributed by atoms with van der Waals surface area (Å²) in [7, 11) is 1.56. The van der Waals surface area contributed by atoms with Gasteiger partial charge < -0.3 is 10.1 Å². The van der Waals surface area contributed by atoms with Gasteiger partial charge in [-0.1, -0.05) is 73.8 Å². The van der Waals surface area contributed by atoms with E-state index in [1.54, 1.807) is 25.3 Å². The molecular weight excluding hydrogens is 433 g/mol. The number of ether oxygens (including phenoxy) is 1. The lowest BCUT2D eigenvalue weighted by Gasteiger charge is -2.17. The van der Waals surface area contributed by atoms with E-state index in [2.05, 4.69) is 37.2 Å². The van der Waals surface area contributed by atoms with Gasteiger partial charge in [0.05, 0.1) is 22.6 Å². The summed E-state index contributed by atoms with van der Waals surface area (Å²) in [6.07, 6.45) is 0. The largest absolute Gasteiger partial charge is 0.497 e. The molecule has 2 atom stereocenters. The topological polar surface area (TPSA) is 38.3 Å². The van der Waals surface area contributed by atoms with E-state index >= 15 is 0 Å². The van der Waals surface area contributed by atoms with Crippen LogP contribution in [0.3, 0.4) is 0 Å². The average molecular weight is 448 g/mol. The second kappa shape index (κ2) is 7.99. The number of nitrogens with one attached hydrogen (secondary N) is 1. The molecule has 0 aliphatic heterocycles. The van der Waals surface area contributed by atoms with Crippen LogP contribution in [0.2, 0.25) is 5.02 Å². The number of amides is 1. The molecule has 0 radical (unpaired) electrons. The van der Waals surface area contributed by atoms with Crippen LogP contribution in [0.15, 0.2) is 48.5 Å². The molecular formula is C16H14Br2ClNO2. The van der Waals surface area contributed by atoms with Gasteiger partial charge in [-0.15, -0.1) is 0 Å². The molecule has 0 spiro atoms. The fourth-order valence-corrected chi connectivity index (χ4v) is 3.05. The highest BCUT2D eigenvalue weighted by molar-refractivity contribution is 9.12. The number of carbonyl (C=O) groups is 1. The van der Waals surface area contributed by atoms with Crippen molar-refractivity contribution in [2.75, 3.05) is 12.4 Å². The summed E-state index contributed by atoms with van der Waals surface area (Å²) >= 11 is 13.1. The zero-order valence-electron chi connectivity index (χ0n) is 11.7. The minimum absolute atomic E-state index is 0.147. The van der Waals surface area contributed by atoms with Gasteiger partial charge in [0.15, 0.2) is 0 Å². The first-order valence-electron chi connectivity index (χ1n) is 6.50. The first kappa shape index (κ1) is 17.3. The Morgan fingerprint density at radius 3 is 2.45 bits per heavy atom. The van der Waals surface area contributed by atoms with Gasteiger partial charge in [-0.3, -0.25) is 4.79 Å². The van der Waals surface area contributed by atoms with Crippen LogP contribution in [0.4, 0.5) is 5.69 Å². The molecule has 2 aromatic carbocycles. The van der Waals surface area contributed by atoms with E-state index in [-0.39, 0.29) is 10.7 Å². The second-order valence-corrected chi connectivity index (χ2v) is 6.93. The van der Waals surface area contributed by atoms with E-state index in [4.69, 9.17) is 16.3 Å². The van der Waals surface area contributed by atoms with Crippen LogP contribution in [0.25, 0.3) is 0 Å². The minimum atomic E-state index is -0.437. The Bertz CT molecular complexity index is 652. The van der Waals surface area contributed by atoms with Gasteiger partial charge in [-0.2, -0.15) is 0 Å². The predicted molar refractivity (Wildman–Crippen MR) is 97.5 cm³/mol. The molecule has 2 rings (SSSR count). The quantitative estimate of drug-likeness (QED) is 0.641. The van der Waals surface area contributed by atoms with Crippen molar-refractivity contribution in [2.45, 2.75) is 9.65 Å². The Labute approximate surface area is 151 Å². The van der Waals surface area contributed by atoms with E-state index in [1.165, 1.54) is 0 Å². The van der Waals surface area contributed by atoms with Gasteiger partial charge >= 0.3 is 0 Å². The first-order chi connectivity index (χ1) is 10.5. The summed E-state index contributed by atoms with van der Waals surface area (Å²) in [4.78, 5) is 11.8. The van der Waals surface area contributed by atoms with Crippen LogP contribution in [0, 0.1) is 0 Å². The molecule has 0 aliphatic rings. The van der Waals surface area contributed by atoms with E-state index in [0.717, 1.165) is 5.56 Å². The van der Waals surface area contributed by atoms with Crippen molar-refractivity contribution in [3.8, 4) is 5.75 Å². The van der Waals surface area contributed by atoms with Gasteiger partial charge in [0, 0.05) is 6.07 Å². The maximum Gasteiger partial charge on any atom is 0.239 e. The Morgan fingerprint density at radius 1 is 1.18 bits per heavy atom. The zero-order valence-corrected chi connectivity index (χ0v) is 15.7. The smallest absolute Gasteiger partial charge is 0.239 e. The molecule has 3 nitrogen and oxygen atoms in total. The standard InChI is InChI=1S/C16H14Br2ClNO2/c1-22-11-7-8-13(12(19)9-11)20-16(21)15(18)14(17)10-5-3-2-4-6-10/h2-9,14-15H,1H3,(H,20,21)/t14-,15-/m0/s1. The number of rotatable bonds is 5. The number of carbonyl (C=O) groups excluding carboxylic acids is 1. The number of hydrogen-bond donors (Lipinski definition) is 1. The van der Waals surface area contributed by atoms with Gasteiger partial charge in [0.1, 0.15) is 10.6 Å². The van der Waals surface area contributed by atoms with Crippen molar-refractivity contribution in [1.29, 1.82) is 0 Å². The van der Waals surface area contributed by atoms with Gasteiger partial charge in [-0.25, -0.2) is 0 Å². The molecule has 116 valence electrons. The molecule has 0 bridgehead atoms. The Balaban J connectivity index is 2.08. The van der Waals surface area contributed by atoms with Gasteiger partial charge in [0.25, 0.3) is 0 Å². The molecule has 0 aromatic heterocycles. The fraction of sp³-hybridized carbons (Fsp3) is 0.188. The SMILES string of the molecule is COc1ccc(NC(=O)[C@@H](Br)[C@@H](Br)c2ccccc2)c(Cl)c1. The van der Waals surface area contributed by atoms with Gasteiger partial charge in [-0.05, 0) is 17.7 Å². The second-order valence-electron chi connectivity index (χ2n) is 4.55. The lowest BCUT2D eigenvalue weighted by Crippen LogP contribution is -2.26. The minimum Gasteiger partial charge on any atom is -0.497 e. The highest BCUT2D eigenvalue weighted by Gasteiger charge is 2.25. The molecule has 2 aromatic rings. The van der Waals surface area contributed by atoms with Crippen molar-refractivity contribution in [3.05, 3.63) is 59.1 Å². The third-order valence-corrected chi connectivity index (χ3v) is 6.08. The lowest BCUT2D eigenvalue weighted by molar-refractivity contribution is -0.115. The maximum absolute atomic E-state index is 12.4. The van der Waals surface area contributed by atoms with E-state index < -0.39 is 4.83 Å². The number of halogens is 3. The first-order valence-corrected chi connectivity index (χ1v) is 8.71. The molecule has 0 saturated heterocycles. The third kappa shape index (κ3) is 4.24. The van der Waals surface area contributed by atoms with Crippen LogP contribution >= 0.6 is 43.5 Å². The summed E-state index contributed by atoms with van der Waals surface area (Å²) in [6, 6.07) is 14.8. The van der Waals surface area contributed by atoms with Crippen LogP contribution in [-0.2, 0) is 4.79 Å². The third-order valence-electron chi connectivity index (χ3n) is 3.06. The van der Waals surface area contributed by atoms with Crippen molar-refractivity contribution in [2.24, 2.45) is 0 Å². The highest BCUT2D eigenvalue weighted by atomic mass is 79.9. The number of alkyl halides is 2. The molecule has 0 heterocycles. The number of anilines is 1. The van der Waals surface area contributed by atoms with E-state index in [9.17, 15) is 4.79 Å². The molecule has 22 heavy (non-hydrogen) atoms. The fourth-order valence-electron chi connectivity index (χ4n) is 1.86. The molecule has 0 saturated carbocycles. The summed E-state index contributed by atoms with van der Waals surface area (Å²) in [5.74, 6) is 0.457. The molecule has 0 aliphatic carbocycles. The van der Waals surface area contributed by atoms with Crippen molar-refractivity contribution in [3.63, 3.8) is 0 Å². The molecule has 0 unspecified atom stereocenters. The zero-order chi connectivity index (χ0) is 16.1. The van der Waals surface area contributed by atoms with Crippen LogP contribution < -0.4 is 10.1 Å². The normalized spacial score (nSPS) is 13.3. The number of benzene rings is 2. The monoisotopic (exact) mass is 445 g/mol.